The van der Waals surface area contributed by atoms with Gasteiger partial charge in [0.25, 0.3) is 5.69 Å². The monoisotopic (exact) mass is 1340 g/mol. The normalized spacial score (nSPS) is 8.55. The molecule has 0 radical (unpaired) electrons. The van der Waals surface area contributed by atoms with Gasteiger partial charge in [-0.3, -0.25) is 10.1 Å². The van der Waals surface area contributed by atoms with Crippen LogP contribution in [-0.2, 0) is 0 Å². The number of anilines is 5. The summed E-state index contributed by atoms with van der Waals surface area (Å²) in [6.45, 7) is 28.0. The van der Waals surface area contributed by atoms with E-state index in [1.54, 1.807) is 56.9 Å². The van der Waals surface area contributed by atoms with Gasteiger partial charge in [-0.25, -0.2) is 0 Å². The molecule has 3 heterocycles. The molecule has 0 saturated carbocycles. The molecule has 10 aromatic carbocycles. The molecule has 13 aromatic rings. The second-order valence-corrected chi connectivity index (χ2v) is 16.2. The van der Waals surface area contributed by atoms with Crippen molar-refractivity contribution in [1.82, 2.24) is 45.0 Å². The van der Waals surface area contributed by atoms with Crippen LogP contribution in [0.1, 0.15) is 96.9 Å². The van der Waals surface area contributed by atoms with Crippen LogP contribution in [0.15, 0.2) is 273 Å². The van der Waals surface area contributed by atoms with Gasteiger partial charge >= 0.3 is 0 Å². The Morgan fingerprint density at radius 2 is 0.421 bits per heavy atom. The molecule has 20 heteroatoms. The van der Waals surface area contributed by atoms with Crippen molar-refractivity contribution in [2.24, 2.45) is 5.73 Å². The molecule has 0 aliphatic carbocycles. The minimum absolute atomic E-state index is 0. The Hall–Kier alpha value is -8.72. The molecule has 3 aromatic heterocycles. The Morgan fingerprint density at radius 1 is 0.263 bits per heavy atom. The fourth-order valence-corrected chi connectivity index (χ4v) is 6.63. The number of nitro benzene ring substituents is 1. The van der Waals surface area contributed by atoms with Crippen LogP contribution in [-0.4, -0.2) is 57.0 Å². The Balaban J connectivity index is -0.000000497. The molecule has 0 atom stereocenters. The third-order valence-electron chi connectivity index (χ3n) is 10.6. The minimum atomic E-state index is -0.417. The number of nitro groups is 1. The summed E-state index contributed by atoms with van der Waals surface area (Å²) < 4.78 is 0. The van der Waals surface area contributed by atoms with E-state index in [9.17, 15) is 10.1 Å². The van der Waals surface area contributed by atoms with Crippen molar-refractivity contribution in [2.75, 3.05) is 35.7 Å². The maximum Gasteiger partial charge on any atom is 0.269 e. The third-order valence-corrected chi connectivity index (χ3v) is 10.6. The first-order valence-electron chi connectivity index (χ1n) is 31.5. The smallest absolute Gasteiger partial charge is 0.269 e. The molecular formula is C75H102Ar2N16O2. The number of benzene rings is 10. The van der Waals surface area contributed by atoms with Crippen LogP contribution in [0.3, 0.4) is 0 Å². The number of hydrogen-bond donors (Lipinski definition) is 6. The average molecular weight is 1340 g/mol. The molecule has 0 bridgehead atoms. The molecule has 510 valence electrons. The first kappa shape index (κ1) is 92.7. The van der Waals surface area contributed by atoms with Crippen LogP contribution < -0.4 is 34.4 Å². The van der Waals surface area contributed by atoms with Crippen LogP contribution in [0.2, 0.25) is 0 Å². The number of hydrogen-bond acceptors (Lipinski definition) is 14. The van der Waals surface area contributed by atoms with Crippen molar-refractivity contribution in [3.05, 3.63) is 283 Å². The summed E-state index contributed by atoms with van der Waals surface area (Å²) in [6.07, 6.45) is 0. The Bertz CT molecular complexity index is 3380. The predicted octanol–water partition coefficient (Wildman–Crippen LogP) is 18.6. The van der Waals surface area contributed by atoms with Crippen LogP contribution in [0.5, 0.6) is 0 Å². The number of aromatic nitrogens is 9. The van der Waals surface area contributed by atoms with Crippen molar-refractivity contribution in [3.63, 3.8) is 0 Å². The molecule has 0 spiro atoms. The van der Waals surface area contributed by atoms with Gasteiger partial charge in [0.15, 0.2) is 0 Å². The van der Waals surface area contributed by atoms with E-state index in [0.29, 0.717) is 22.7 Å². The molecule has 0 aliphatic rings. The number of nitrogens with two attached hydrogens (primary N) is 6. The van der Waals surface area contributed by atoms with E-state index in [-0.39, 0.29) is 81.2 Å². The largest absolute Gasteiger partial charge is 0.399 e. The summed E-state index contributed by atoms with van der Waals surface area (Å²) in [4.78, 5) is 14.6. The van der Waals surface area contributed by atoms with E-state index >= 15 is 0 Å². The van der Waals surface area contributed by atoms with Crippen LogP contribution in [0, 0.1) is 85.6 Å². The predicted molar refractivity (Wildman–Crippen MR) is 401 cm³/mol. The number of rotatable bonds is 4. The third kappa shape index (κ3) is 37.1. The summed E-state index contributed by atoms with van der Waals surface area (Å²) in [7, 11) is 1.50. The second kappa shape index (κ2) is 61.5. The van der Waals surface area contributed by atoms with Gasteiger partial charge in [0.1, 0.15) is 33.1 Å². The zero-order chi connectivity index (χ0) is 70.0. The van der Waals surface area contributed by atoms with Crippen molar-refractivity contribution in [2.45, 2.75) is 96.9 Å². The van der Waals surface area contributed by atoms with E-state index in [2.05, 4.69) is 36.3 Å². The number of nitrogens with zero attached hydrogens (tertiary/aromatic N) is 10. The molecule has 0 aliphatic heterocycles. The molecule has 18 nitrogen and oxygen atoms in total. The van der Waals surface area contributed by atoms with Crippen molar-refractivity contribution < 1.29 is 80.4 Å². The van der Waals surface area contributed by atoms with Crippen LogP contribution >= 0.6 is 0 Å². The van der Waals surface area contributed by atoms with Gasteiger partial charge in [0.05, 0.1) is 44.7 Å². The number of non-ortho nitro benzene ring substituents is 1. The standard InChI is InChI=1S/3C12H9N3.2C6H8N2.C6H5NO2.C6H7N.7C2H6.CH5N.2Ar/c3*1-2-6-10(7-3-1)15-13-11-8-4-5-9-12(11)14-15;2*7-5-3-1-2-4-6(5)8;8-7(9)6-4-2-1-3-5-6;7-6-4-2-1-3-5-6;8*1-2;;/h3*1-9H;2*1-4H,7-8H2;1-5H;1-5H,7H2;7*1-2H3;2H2,1H3;;. The first-order valence-corrected chi connectivity index (χ1v) is 31.5. The average Bonchev–Trinajstić information content (AvgIpc) is 1.72. The van der Waals surface area contributed by atoms with Gasteiger partial charge in [0.2, 0.25) is 0 Å². The number of para-hydroxylation sites is 9. The molecule has 0 fully saturated rings. The molecule has 0 unspecified atom stereocenters. The fourth-order valence-electron chi connectivity index (χ4n) is 6.63. The fraction of sp³-hybridized carbons (Fsp3) is 0.200. The van der Waals surface area contributed by atoms with Crippen molar-refractivity contribution in [1.29, 1.82) is 0 Å². The van der Waals surface area contributed by atoms with Gasteiger partial charge < -0.3 is 34.4 Å². The summed E-state index contributed by atoms with van der Waals surface area (Å²) in [5, 5.41) is 36.3. The molecule has 12 N–H and O–H groups in total. The van der Waals surface area contributed by atoms with Gasteiger partial charge in [-0.15, -0.1) is 30.6 Å². The number of fused-ring (bicyclic) bond motifs is 3. The van der Waals surface area contributed by atoms with Crippen molar-refractivity contribution >= 4 is 67.2 Å². The van der Waals surface area contributed by atoms with E-state index in [4.69, 9.17) is 28.7 Å². The second-order valence-electron chi connectivity index (χ2n) is 16.2. The quantitative estimate of drug-likeness (QED) is 0.0543. The van der Waals surface area contributed by atoms with E-state index < -0.39 is 4.92 Å². The number of nitrogen functional groups attached to an aromatic ring is 5. The van der Waals surface area contributed by atoms with Crippen molar-refractivity contribution in [3.8, 4) is 17.1 Å². The molecule has 95 heavy (non-hydrogen) atoms. The van der Waals surface area contributed by atoms with E-state index in [1.807, 2.05) is 315 Å². The van der Waals surface area contributed by atoms with Gasteiger partial charge in [-0.2, -0.15) is 14.4 Å². The summed E-state index contributed by atoms with van der Waals surface area (Å²) >= 11 is 0. The molecule has 0 amide bonds. The topological polar surface area (TPSA) is 291 Å². The minimum Gasteiger partial charge on any atom is -0.399 e. The van der Waals surface area contributed by atoms with Gasteiger partial charge in [-0.05, 0) is 116 Å². The summed E-state index contributed by atoms with van der Waals surface area (Å²) in [5.41, 5.74) is 43.4. The molecule has 0 saturated heterocycles. The maximum absolute atomic E-state index is 10.0. The van der Waals surface area contributed by atoms with E-state index in [1.165, 1.54) is 19.2 Å². The Kier molecular flexibility index (Phi) is 60.0. The Morgan fingerprint density at radius 3 is 0.568 bits per heavy atom. The van der Waals surface area contributed by atoms with Crippen LogP contribution in [0.4, 0.5) is 34.1 Å². The molecule has 13 rings (SSSR count). The zero-order valence-electron chi connectivity index (χ0n) is 57.9. The summed E-state index contributed by atoms with van der Waals surface area (Å²) in [5.74, 6) is 0. The van der Waals surface area contributed by atoms with E-state index in [0.717, 1.165) is 55.8 Å². The molecular weight excluding hydrogens is 1240 g/mol. The Labute approximate surface area is 625 Å². The van der Waals surface area contributed by atoms with Gasteiger partial charge in [0, 0.05) is 93.3 Å². The SMILES string of the molecule is CC.CC.CC.CC.CC.CC.CC.CN.Nc1ccccc1.Nc1ccccc1N.Nc1ccccc1N.O=[N+]([O-])c1ccccc1.[Ar].[Ar].c1ccc(-n2nc3ccccc3n2)cc1.c1ccc(-n2nc3ccccc3n2)cc1.c1ccc(-n2nc3ccccc3n2)cc1. The summed E-state index contributed by atoms with van der Waals surface area (Å²) in [6, 6.07) is 85.2. The maximum atomic E-state index is 10.0. The van der Waals surface area contributed by atoms with Crippen LogP contribution in [0.25, 0.3) is 50.2 Å². The zero-order valence-corrected chi connectivity index (χ0v) is 59.4. The van der Waals surface area contributed by atoms with Gasteiger partial charge in [-0.1, -0.05) is 249 Å². The first-order chi connectivity index (χ1) is 45.6.